The molecule has 0 saturated carbocycles. The number of benzene rings is 2. The van der Waals surface area contributed by atoms with Crippen LogP contribution < -0.4 is 4.90 Å². The molecule has 2 aromatic heterocycles. The normalized spacial score (nSPS) is 15.9. The molecule has 1 aliphatic heterocycles. The molecular formula is C25H25N3O3S. The van der Waals surface area contributed by atoms with Gasteiger partial charge >= 0.3 is 0 Å². The van der Waals surface area contributed by atoms with E-state index < -0.39 is 0 Å². The quantitative estimate of drug-likeness (QED) is 0.357. The standard InChI is InChI=1S/C25H25N3O3S/c29-24(14-6-13-23-26-16-21(31-23)18-8-2-1-3-9-18)28(17-19-10-7-15-30-19)25-27-20-11-4-5-12-22(20)32-25/h1-5,8-9,11-12,16,19H,6-7,10,13-15,17H2. The number of rotatable bonds is 8. The molecule has 0 N–H and O–H groups in total. The van der Waals surface area contributed by atoms with Crippen LogP contribution in [0.5, 0.6) is 0 Å². The van der Waals surface area contributed by atoms with Crippen LogP contribution in [0.2, 0.25) is 0 Å². The molecule has 0 spiro atoms. The first-order valence-corrected chi connectivity index (χ1v) is 11.9. The summed E-state index contributed by atoms with van der Waals surface area (Å²) in [6, 6.07) is 17.9. The molecule has 1 saturated heterocycles. The summed E-state index contributed by atoms with van der Waals surface area (Å²) in [5.74, 6) is 1.47. The van der Waals surface area contributed by atoms with E-state index in [1.54, 1.807) is 17.5 Å². The van der Waals surface area contributed by atoms with Crippen LogP contribution in [0.4, 0.5) is 5.13 Å². The van der Waals surface area contributed by atoms with Gasteiger partial charge in [-0.1, -0.05) is 53.8 Å². The Morgan fingerprint density at radius 3 is 2.78 bits per heavy atom. The molecule has 32 heavy (non-hydrogen) atoms. The number of hydrogen-bond acceptors (Lipinski definition) is 6. The molecule has 6 nitrogen and oxygen atoms in total. The number of oxazole rings is 1. The van der Waals surface area contributed by atoms with Crippen LogP contribution in [0.15, 0.2) is 65.2 Å². The molecule has 5 rings (SSSR count). The zero-order valence-corrected chi connectivity index (χ0v) is 18.6. The van der Waals surface area contributed by atoms with Gasteiger partial charge < -0.3 is 9.15 Å². The maximum Gasteiger partial charge on any atom is 0.228 e. The number of aryl methyl sites for hydroxylation is 1. The minimum atomic E-state index is 0.0643. The third-order valence-electron chi connectivity index (χ3n) is 5.62. The Balaban J connectivity index is 1.25. The first-order chi connectivity index (χ1) is 15.8. The van der Waals surface area contributed by atoms with Crippen LogP contribution in [0.25, 0.3) is 21.5 Å². The van der Waals surface area contributed by atoms with Gasteiger partial charge in [-0.05, 0) is 31.4 Å². The van der Waals surface area contributed by atoms with Crippen LogP contribution >= 0.6 is 11.3 Å². The van der Waals surface area contributed by atoms with Crippen LogP contribution in [0.3, 0.4) is 0 Å². The van der Waals surface area contributed by atoms with Crippen molar-refractivity contribution in [2.75, 3.05) is 18.1 Å². The fraction of sp³-hybridized carbons (Fsp3) is 0.320. The number of fused-ring (bicyclic) bond motifs is 1. The van der Waals surface area contributed by atoms with Crippen molar-refractivity contribution in [3.05, 3.63) is 66.7 Å². The van der Waals surface area contributed by atoms with Gasteiger partial charge in [0.05, 0.1) is 29.1 Å². The summed E-state index contributed by atoms with van der Waals surface area (Å²) in [5.41, 5.74) is 1.92. The van der Waals surface area contributed by atoms with Crippen LogP contribution in [-0.4, -0.2) is 35.1 Å². The number of carbonyl (C=O) groups is 1. The van der Waals surface area contributed by atoms with Gasteiger partial charge in [-0.15, -0.1) is 0 Å². The van der Waals surface area contributed by atoms with Gasteiger partial charge in [0.1, 0.15) is 0 Å². The van der Waals surface area contributed by atoms with E-state index in [2.05, 4.69) is 4.98 Å². The molecule has 4 aromatic rings. The maximum absolute atomic E-state index is 13.2. The van der Waals surface area contributed by atoms with E-state index in [0.29, 0.717) is 31.7 Å². The lowest BCUT2D eigenvalue weighted by Gasteiger charge is -2.23. The predicted octanol–water partition coefficient (Wildman–Crippen LogP) is 5.49. The summed E-state index contributed by atoms with van der Waals surface area (Å²) in [4.78, 5) is 24.1. The summed E-state index contributed by atoms with van der Waals surface area (Å²) in [6.45, 7) is 1.32. The second-order valence-corrected chi connectivity index (χ2v) is 8.95. The summed E-state index contributed by atoms with van der Waals surface area (Å²) < 4.78 is 12.8. The highest BCUT2D eigenvalue weighted by Crippen LogP contribution is 2.30. The van der Waals surface area contributed by atoms with E-state index >= 15 is 0 Å². The maximum atomic E-state index is 13.2. The summed E-state index contributed by atoms with van der Waals surface area (Å²) >= 11 is 1.56. The number of para-hydroxylation sites is 1. The van der Waals surface area contributed by atoms with Crippen molar-refractivity contribution in [1.29, 1.82) is 0 Å². The highest BCUT2D eigenvalue weighted by Gasteiger charge is 2.26. The lowest BCUT2D eigenvalue weighted by molar-refractivity contribution is -0.119. The zero-order valence-electron chi connectivity index (χ0n) is 17.8. The number of hydrogen-bond donors (Lipinski definition) is 0. The molecule has 0 radical (unpaired) electrons. The highest BCUT2D eigenvalue weighted by atomic mass is 32.1. The summed E-state index contributed by atoms with van der Waals surface area (Å²) in [6.07, 6.45) is 5.54. The summed E-state index contributed by atoms with van der Waals surface area (Å²) in [5, 5.41) is 0.745. The van der Waals surface area contributed by atoms with E-state index in [1.807, 2.05) is 59.5 Å². The first kappa shape index (κ1) is 20.8. The fourth-order valence-corrected chi connectivity index (χ4v) is 4.93. The minimum Gasteiger partial charge on any atom is -0.441 e. The van der Waals surface area contributed by atoms with Gasteiger partial charge in [0.25, 0.3) is 0 Å². The van der Waals surface area contributed by atoms with Gasteiger partial charge in [0.2, 0.25) is 5.91 Å². The van der Waals surface area contributed by atoms with Gasteiger partial charge in [-0.3, -0.25) is 9.69 Å². The van der Waals surface area contributed by atoms with E-state index in [-0.39, 0.29) is 12.0 Å². The predicted molar refractivity (Wildman–Crippen MR) is 126 cm³/mol. The summed E-state index contributed by atoms with van der Waals surface area (Å²) in [7, 11) is 0. The Hall–Kier alpha value is -3.03. The molecule has 1 atom stereocenters. The van der Waals surface area contributed by atoms with Crippen LogP contribution in [0.1, 0.15) is 31.6 Å². The number of thiazole rings is 1. The smallest absolute Gasteiger partial charge is 0.228 e. The molecule has 1 unspecified atom stereocenters. The van der Waals surface area contributed by atoms with Crippen molar-refractivity contribution in [1.82, 2.24) is 9.97 Å². The molecular weight excluding hydrogens is 422 g/mol. The molecule has 0 bridgehead atoms. The molecule has 1 fully saturated rings. The average molecular weight is 448 g/mol. The molecule has 0 aliphatic carbocycles. The molecule has 164 valence electrons. The Labute approximate surface area is 190 Å². The zero-order chi connectivity index (χ0) is 21.8. The number of carbonyl (C=O) groups excluding carboxylic acids is 1. The lowest BCUT2D eigenvalue weighted by Crippen LogP contribution is -2.37. The Morgan fingerprint density at radius 2 is 1.97 bits per heavy atom. The van der Waals surface area contributed by atoms with Gasteiger partial charge in [0.15, 0.2) is 16.8 Å². The van der Waals surface area contributed by atoms with E-state index in [1.165, 1.54) is 0 Å². The van der Waals surface area contributed by atoms with Crippen LogP contribution in [-0.2, 0) is 16.0 Å². The van der Waals surface area contributed by atoms with E-state index in [4.69, 9.17) is 14.1 Å². The third kappa shape index (κ3) is 4.74. The van der Waals surface area contributed by atoms with Crippen molar-refractivity contribution < 1.29 is 13.9 Å². The Morgan fingerprint density at radius 1 is 1.12 bits per heavy atom. The third-order valence-corrected chi connectivity index (χ3v) is 6.68. The molecule has 2 aromatic carbocycles. The second-order valence-electron chi connectivity index (χ2n) is 7.94. The fourth-order valence-electron chi connectivity index (χ4n) is 3.94. The first-order valence-electron chi connectivity index (χ1n) is 11.0. The van der Waals surface area contributed by atoms with Gasteiger partial charge in [-0.25, -0.2) is 9.97 Å². The monoisotopic (exact) mass is 447 g/mol. The SMILES string of the molecule is O=C(CCCc1ncc(-c2ccccc2)o1)N(CC1CCCO1)c1nc2ccccc2s1. The van der Waals surface area contributed by atoms with Crippen molar-refractivity contribution >= 4 is 32.6 Å². The Kier molecular flexibility index (Phi) is 6.27. The lowest BCUT2D eigenvalue weighted by atomic mass is 10.2. The van der Waals surface area contributed by atoms with E-state index in [9.17, 15) is 4.79 Å². The number of amides is 1. The minimum absolute atomic E-state index is 0.0643. The topological polar surface area (TPSA) is 68.5 Å². The second kappa shape index (κ2) is 9.63. The van der Waals surface area contributed by atoms with Crippen molar-refractivity contribution in [2.24, 2.45) is 0 Å². The number of ether oxygens (including phenoxy) is 1. The largest absolute Gasteiger partial charge is 0.441 e. The van der Waals surface area contributed by atoms with E-state index in [0.717, 1.165) is 46.1 Å². The van der Waals surface area contributed by atoms with Crippen molar-refractivity contribution in [3.63, 3.8) is 0 Å². The number of aromatic nitrogens is 2. The number of nitrogens with zero attached hydrogens (tertiary/aromatic N) is 3. The number of anilines is 1. The van der Waals surface area contributed by atoms with Gasteiger partial charge in [0, 0.05) is 25.0 Å². The molecule has 7 heteroatoms. The molecule has 3 heterocycles. The van der Waals surface area contributed by atoms with Gasteiger partial charge in [-0.2, -0.15) is 0 Å². The highest BCUT2D eigenvalue weighted by molar-refractivity contribution is 7.22. The van der Waals surface area contributed by atoms with Crippen LogP contribution in [0, 0.1) is 0 Å². The van der Waals surface area contributed by atoms with Crippen molar-refractivity contribution in [3.8, 4) is 11.3 Å². The average Bonchev–Trinajstić information content (AvgIpc) is 3.58. The van der Waals surface area contributed by atoms with Crippen molar-refractivity contribution in [2.45, 2.75) is 38.2 Å². The Bertz CT molecular complexity index is 1150. The molecule has 1 amide bonds. The molecule has 1 aliphatic rings.